The fourth-order valence-electron chi connectivity index (χ4n) is 1.09. The Labute approximate surface area is 86.6 Å². The van der Waals surface area contributed by atoms with Gasteiger partial charge in [0.15, 0.2) is 5.84 Å². The van der Waals surface area contributed by atoms with E-state index in [1.54, 1.807) is 24.3 Å². The zero-order valence-electron chi connectivity index (χ0n) is 7.97. The summed E-state index contributed by atoms with van der Waals surface area (Å²) in [6.07, 6.45) is 0. The summed E-state index contributed by atoms with van der Waals surface area (Å²) in [6, 6.07) is 6.34. The SMILES string of the molecule is NC(=O)NCc1cccc(C(N)=NO)c1. The predicted octanol–water partition coefficient (Wildman–Crippen LogP) is -0.0506. The number of oxime groups is 1. The topological polar surface area (TPSA) is 114 Å². The van der Waals surface area contributed by atoms with Crippen LogP contribution >= 0.6 is 0 Å². The summed E-state index contributed by atoms with van der Waals surface area (Å²) in [7, 11) is 0. The van der Waals surface area contributed by atoms with Crippen molar-refractivity contribution in [3.8, 4) is 0 Å². The number of amides is 2. The van der Waals surface area contributed by atoms with Gasteiger partial charge in [-0.05, 0) is 11.6 Å². The molecule has 2 amide bonds. The van der Waals surface area contributed by atoms with Crippen LogP contribution < -0.4 is 16.8 Å². The number of primary amides is 1. The third kappa shape index (κ3) is 3.18. The molecule has 0 saturated carbocycles. The van der Waals surface area contributed by atoms with Crippen molar-refractivity contribution in [3.05, 3.63) is 35.4 Å². The summed E-state index contributed by atoms with van der Waals surface area (Å²) < 4.78 is 0. The summed E-state index contributed by atoms with van der Waals surface area (Å²) in [5.74, 6) is 0.0240. The Morgan fingerprint density at radius 2 is 2.20 bits per heavy atom. The molecule has 6 nitrogen and oxygen atoms in total. The van der Waals surface area contributed by atoms with Crippen LogP contribution in [-0.4, -0.2) is 17.1 Å². The van der Waals surface area contributed by atoms with Crippen LogP contribution in [-0.2, 0) is 6.54 Å². The summed E-state index contributed by atoms with van der Waals surface area (Å²) in [6.45, 7) is 0.307. The van der Waals surface area contributed by atoms with E-state index in [0.717, 1.165) is 5.56 Å². The molecule has 80 valence electrons. The quantitative estimate of drug-likeness (QED) is 0.241. The molecule has 1 aromatic carbocycles. The van der Waals surface area contributed by atoms with Crippen LogP contribution in [0, 0.1) is 0 Å². The molecule has 0 atom stereocenters. The summed E-state index contributed by atoms with van der Waals surface area (Å²) in [5, 5.41) is 13.8. The Bertz CT molecular complexity index is 389. The molecule has 0 unspecified atom stereocenters. The predicted molar refractivity (Wildman–Crippen MR) is 55.4 cm³/mol. The average Bonchev–Trinajstić information content (AvgIpc) is 2.25. The fourth-order valence-corrected chi connectivity index (χ4v) is 1.09. The van der Waals surface area contributed by atoms with Gasteiger partial charge in [-0.3, -0.25) is 0 Å². The van der Waals surface area contributed by atoms with Crippen LogP contribution in [0.15, 0.2) is 29.4 Å². The molecule has 0 aromatic heterocycles. The van der Waals surface area contributed by atoms with Crippen LogP contribution in [0.1, 0.15) is 11.1 Å². The molecular weight excluding hydrogens is 196 g/mol. The number of nitrogens with two attached hydrogens (primary N) is 2. The number of urea groups is 1. The molecule has 0 aliphatic carbocycles. The standard InChI is InChI=1S/C9H12N4O2/c10-8(13-15)7-3-1-2-6(4-7)5-12-9(11)14/h1-4,15H,5H2,(H2,10,13)(H3,11,12,14). The van der Waals surface area contributed by atoms with Gasteiger partial charge in [-0.25, -0.2) is 4.79 Å². The second-order valence-electron chi connectivity index (χ2n) is 2.90. The number of hydrogen-bond acceptors (Lipinski definition) is 3. The normalized spacial score (nSPS) is 11.1. The van der Waals surface area contributed by atoms with E-state index in [0.29, 0.717) is 12.1 Å². The third-order valence-electron chi connectivity index (χ3n) is 1.80. The van der Waals surface area contributed by atoms with Crippen molar-refractivity contribution in [2.45, 2.75) is 6.54 Å². The molecule has 0 aliphatic rings. The van der Waals surface area contributed by atoms with Crippen molar-refractivity contribution in [1.82, 2.24) is 5.32 Å². The molecule has 0 bridgehead atoms. The average molecular weight is 208 g/mol. The molecule has 0 aliphatic heterocycles. The number of nitrogens with one attached hydrogen (secondary N) is 1. The summed E-state index contributed by atoms with van der Waals surface area (Å²) >= 11 is 0. The van der Waals surface area contributed by atoms with Gasteiger partial charge in [-0.2, -0.15) is 0 Å². The number of carbonyl (C=O) groups is 1. The number of hydrogen-bond donors (Lipinski definition) is 4. The lowest BCUT2D eigenvalue weighted by Crippen LogP contribution is -2.28. The molecule has 0 saturated heterocycles. The van der Waals surface area contributed by atoms with Crippen molar-refractivity contribution in [2.24, 2.45) is 16.6 Å². The fraction of sp³-hybridized carbons (Fsp3) is 0.111. The smallest absolute Gasteiger partial charge is 0.312 e. The van der Waals surface area contributed by atoms with E-state index in [2.05, 4.69) is 10.5 Å². The number of carbonyl (C=O) groups excluding carboxylic acids is 1. The maximum atomic E-state index is 10.5. The number of amidine groups is 1. The lowest BCUT2D eigenvalue weighted by molar-refractivity contribution is 0.248. The third-order valence-corrected chi connectivity index (χ3v) is 1.80. The number of rotatable bonds is 3. The van der Waals surface area contributed by atoms with Crippen molar-refractivity contribution in [1.29, 1.82) is 0 Å². The molecule has 0 spiro atoms. The highest BCUT2D eigenvalue weighted by Crippen LogP contribution is 2.04. The second kappa shape index (κ2) is 4.85. The molecule has 6 N–H and O–H groups in total. The van der Waals surface area contributed by atoms with Gasteiger partial charge >= 0.3 is 6.03 Å². The maximum Gasteiger partial charge on any atom is 0.312 e. The molecule has 1 rings (SSSR count). The molecule has 15 heavy (non-hydrogen) atoms. The first kappa shape index (κ1) is 10.8. The Morgan fingerprint density at radius 3 is 2.80 bits per heavy atom. The van der Waals surface area contributed by atoms with Gasteiger partial charge in [0.1, 0.15) is 0 Å². The largest absolute Gasteiger partial charge is 0.409 e. The Kier molecular flexibility index (Phi) is 3.50. The molecule has 1 aromatic rings. The van der Waals surface area contributed by atoms with Crippen LogP contribution in [0.25, 0.3) is 0 Å². The van der Waals surface area contributed by atoms with Crippen molar-refractivity contribution in [3.63, 3.8) is 0 Å². The maximum absolute atomic E-state index is 10.5. The van der Waals surface area contributed by atoms with E-state index in [-0.39, 0.29) is 5.84 Å². The van der Waals surface area contributed by atoms with Crippen LogP contribution in [0.2, 0.25) is 0 Å². The Morgan fingerprint density at radius 1 is 1.47 bits per heavy atom. The van der Waals surface area contributed by atoms with Gasteiger partial charge in [0.25, 0.3) is 0 Å². The lowest BCUT2D eigenvalue weighted by atomic mass is 10.1. The number of nitrogens with zero attached hydrogens (tertiary/aromatic N) is 1. The van der Waals surface area contributed by atoms with E-state index in [4.69, 9.17) is 16.7 Å². The monoisotopic (exact) mass is 208 g/mol. The zero-order valence-corrected chi connectivity index (χ0v) is 7.97. The Balaban J connectivity index is 2.79. The molecule has 0 radical (unpaired) electrons. The molecule has 0 fully saturated rings. The summed E-state index contributed by atoms with van der Waals surface area (Å²) in [5.41, 5.74) is 11.7. The van der Waals surface area contributed by atoms with Gasteiger partial charge in [-0.1, -0.05) is 23.4 Å². The minimum atomic E-state index is -0.593. The second-order valence-corrected chi connectivity index (χ2v) is 2.90. The van der Waals surface area contributed by atoms with Crippen molar-refractivity contribution in [2.75, 3.05) is 0 Å². The highest BCUT2D eigenvalue weighted by Gasteiger charge is 2.00. The zero-order chi connectivity index (χ0) is 11.3. The lowest BCUT2D eigenvalue weighted by Gasteiger charge is -2.04. The van der Waals surface area contributed by atoms with E-state index in [1.165, 1.54) is 0 Å². The van der Waals surface area contributed by atoms with Crippen LogP contribution in [0.4, 0.5) is 4.79 Å². The van der Waals surface area contributed by atoms with E-state index >= 15 is 0 Å². The molecule has 6 heteroatoms. The number of benzene rings is 1. The molecule has 0 heterocycles. The van der Waals surface area contributed by atoms with Crippen LogP contribution in [0.3, 0.4) is 0 Å². The van der Waals surface area contributed by atoms with E-state index in [9.17, 15) is 4.79 Å². The minimum Gasteiger partial charge on any atom is -0.409 e. The van der Waals surface area contributed by atoms with E-state index < -0.39 is 6.03 Å². The minimum absolute atomic E-state index is 0.0240. The first-order chi connectivity index (χ1) is 7.13. The Hall–Kier alpha value is -2.24. The summed E-state index contributed by atoms with van der Waals surface area (Å²) in [4.78, 5) is 10.5. The van der Waals surface area contributed by atoms with Crippen molar-refractivity contribution < 1.29 is 10.0 Å². The van der Waals surface area contributed by atoms with Crippen molar-refractivity contribution >= 4 is 11.9 Å². The van der Waals surface area contributed by atoms with Gasteiger partial charge < -0.3 is 22.0 Å². The van der Waals surface area contributed by atoms with Crippen LogP contribution in [0.5, 0.6) is 0 Å². The van der Waals surface area contributed by atoms with Gasteiger partial charge in [0.05, 0.1) is 0 Å². The van der Waals surface area contributed by atoms with Gasteiger partial charge in [0, 0.05) is 12.1 Å². The van der Waals surface area contributed by atoms with Gasteiger partial charge in [0.2, 0.25) is 0 Å². The first-order valence-corrected chi connectivity index (χ1v) is 4.23. The highest BCUT2D eigenvalue weighted by atomic mass is 16.4. The molecular formula is C9H12N4O2. The van der Waals surface area contributed by atoms with Gasteiger partial charge in [-0.15, -0.1) is 0 Å². The van der Waals surface area contributed by atoms with E-state index in [1.807, 2.05) is 0 Å². The highest BCUT2D eigenvalue weighted by molar-refractivity contribution is 5.97. The first-order valence-electron chi connectivity index (χ1n) is 4.23.